The maximum absolute atomic E-state index is 13.9. The molecule has 0 saturated carbocycles. The van der Waals surface area contributed by atoms with Crippen LogP contribution >= 0.6 is 0 Å². The van der Waals surface area contributed by atoms with Crippen molar-refractivity contribution >= 4 is 22.5 Å². The zero-order valence-corrected chi connectivity index (χ0v) is 21.7. The third-order valence-electron chi connectivity index (χ3n) is 6.84. The Morgan fingerprint density at radius 2 is 1.76 bits per heavy atom. The first-order valence-electron chi connectivity index (χ1n) is 12.7. The Labute approximate surface area is 217 Å². The molecule has 0 spiro atoms. The van der Waals surface area contributed by atoms with Crippen LogP contribution in [0.5, 0.6) is 0 Å². The van der Waals surface area contributed by atoms with E-state index in [1.54, 1.807) is 12.1 Å². The number of carbonyl (C=O) groups excluding carboxylic acids is 1. The number of H-pyrrole nitrogens is 1. The first-order valence-corrected chi connectivity index (χ1v) is 12.7. The molecular weight excluding hydrogens is 464 g/mol. The maximum Gasteiger partial charge on any atom is 0.269 e. The van der Waals surface area contributed by atoms with Crippen molar-refractivity contribution in [3.63, 3.8) is 0 Å². The molecule has 1 unspecified atom stereocenters. The molecule has 0 aliphatic heterocycles. The fourth-order valence-electron chi connectivity index (χ4n) is 4.80. The van der Waals surface area contributed by atoms with Crippen LogP contribution < -0.4 is 0 Å². The van der Waals surface area contributed by atoms with Crippen LogP contribution in [0.25, 0.3) is 10.9 Å². The van der Waals surface area contributed by atoms with E-state index in [9.17, 15) is 14.9 Å². The molecule has 7 heteroatoms. The standard InChI is InChI=1S/C30H34N4O3/c1-4-23-12-9-15-26-28(20-31-30(23)26)27(24-13-8-14-25(18-24)34(36)37)19-29(35)33(17-16-32(2)3)21-22-10-6-5-7-11-22/h5-15,18,20,27,31H,4,16-17,19,21H2,1-3H3. The summed E-state index contributed by atoms with van der Waals surface area (Å²) in [6.45, 7) is 3.97. The Morgan fingerprint density at radius 3 is 2.46 bits per heavy atom. The first kappa shape index (κ1) is 26.1. The molecule has 7 nitrogen and oxygen atoms in total. The van der Waals surface area contributed by atoms with Crippen LogP contribution in [0.2, 0.25) is 0 Å². The van der Waals surface area contributed by atoms with Gasteiger partial charge in [-0.1, -0.05) is 67.6 Å². The van der Waals surface area contributed by atoms with E-state index in [2.05, 4.69) is 28.9 Å². The van der Waals surface area contributed by atoms with Gasteiger partial charge in [0, 0.05) is 61.2 Å². The van der Waals surface area contributed by atoms with Crippen molar-refractivity contribution < 1.29 is 9.72 Å². The SMILES string of the molecule is CCc1cccc2c(C(CC(=O)N(CCN(C)C)Cc3ccccc3)c3cccc([N+](=O)[O-])c3)c[nH]c12. The first-order chi connectivity index (χ1) is 17.9. The molecule has 0 fully saturated rings. The van der Waals surface area contributed by atoms with Crippen LogP contribution in [0, 0.1) is 10.1 Å². The lowest BCUT2D eigenvalue weighted by molar-refractivity contribution is -0.384. The summed E-state index contributed by atoms with van der Waals surface area (Å²) in [5, 5.41) is 12.6. The minimum atomic E-state index is -0.383. The van der Waals surface area contributed by atoms with E-state index < -0.39 is 0 Å². The number of para-hydroxylation sites is 1. The van der Waals surface area contributed by atoms with Gasteiger partial charge in [-0.05, 0) is 42.8 Å². The monoisotopic (exact) mass is 498 g/mol. The Hall–Kier alpha value is -3.97. The highest BCUT2D eigenvalue weighted by Crippen LogP contribution is 2.36. The predicted octanol–water partition coefficient (Wildman–Crippen LogP) is 5.75. The molecule has 3 aromatic carbocycles. The van der Waals surface area contributed by atoms with Crippen molar-refractivity contribution in [2.45, 2.75) is 32.2 Å². The number of carbonyl (C=O) groups is 1. The topological polar surface area (TPSA) is 82.5 Å². The van der Waals surface area contributed by atoms with Gasteiger partial charge in [-0.25, -0.2) is 0 Å². The minimum Gasteiger partial charge on any atom is -0.361 e. The number of likely N-dealkylation sites (N-methyl/N-ethyl adjacent to an activating group) is 1. The molecule has 4 rings (SSSR count). The maximum atomic E-state index is 13.9. The lowest BCUT2D eigenvalue weighted by atomic mass is 9.87. The number of aryl methyl sites for hydroxylation is 1. The summed E-state index contributed by atoms with van der Waals surface area (Å²) in [5.41, 5.74) is 5.09. The highest BCUT2D eigenvalue weighted by molar-refractivity contribution is 5.88. The van der Waals surface area contributed by atoms with Crippen LogP contribution in [0.3, 0.4) is 0 Å². The number of hydrogen-bond acceptors (Lipinski definition) is 4. The van der Waals surface area contributed by atoms with Gasteiger partial charge in [0.2, 0.25) is 5.91 Å². The molecule has 37 heavy (non-hydrogen) atoms. The highest BCUT2D eigenvalue weighted by atomic mass is 16.6. The van der Waals surface area contributed by atoms with Crippen LogP contribution in [-0.2, 0) is 17.8 Å². The van der Waals surface area contributed by atoms with Gasteiger partial charge in [0.1, 0.15) is 0 Å². The van der Waals surface area contributed by atoms with E-state index in [0.717, 1.165) is 40.6 Å². The van der Waals surface area contributed by atoms with Crippen LogP contribution in [-0.4, -0.2) is 52.8 Å². The minimum absolute atomic E-state index is 0.0169. The molecule has 1 atom stereocenters. The van der Waals surface area contributed by atoms with Crippen molar-refractivity contribution in [1.82, 2.24) is 14.8 Å². The van der Waals surface area contributed by atoms with Crippen LogP contribution in [0.1, 0.15) is 41.5 Å². The number of nitrogens with zero attached hydrogens (tertiary/aromatic N) is 3. The number of benzene rings is 3. The predicted molar refractivity (Wildman–Crippen MR) is 148 cm³/mol. The molecule has 1 aromatic heterocycles. The summed E-state index contributed by atoms with van der Waals surface area (Å²) in [7, 11) is 3.99. The van der Waals surface area contributed by atoms with E-state index in [0.29, 0.717) is 13.1 Å². The number of nitro benzene ring substituents is 1. The van der Waals surface area contributed by atoms with Gasteiger partial charge >= 0.3 is 0 Å². The fraction of sp³-hybridized carbons (Fsp3) is 0.300. The largest absolute Gasteiger partial charge is 0.361 e. The van der Waals surface area contributed by atoms with Crippen molar-refractivity contribution in [2.75, 3.05) is 27.2 Å². The Bertz CT molecular complexity index is 1360. The summed E-state index contributed by atoms with van der Waals surface area (Å²) >= 11 is 0. The summed E-state index contributed by atoms with van der Waals surface area (Å²) in [6, 6.07) is 22.8. The van der Waals surface area contributed by atoms with Crippen molar-refractivity contribution in [2.24, 2.45) is 0 Å². The molecule has 192 valence electrons. The summed E-state index contributed by atoms with van der Waals surface area (Å²) < 4.78 is 0. The summed E-state index contributed by atoms with van der Waals surface area (Å²) in [4.78, 5) is 32.4. The third-order valence-corrected chi connectivity index (χ3v) is 6.84. The number of amides is 1. The number of rotatable bonds is 11. The number of non-ortho nitro benzene ring substituents is 1. The van der Waals surface area contributed by atoms with Crippen molar-refractivity contribution in [3.05, 3.63) is 111 Å². The molecule has 0 bridgehead atoms. The Morgan fingerprint density at radius 1 is 1.00 bits per heavy atom. The second kappa shape index (κ2) is 11.8. The van der Waals surface area contributed by atoms with Gasteiger partial charge in [0.25, 0.3) is 5.69 Å². The number of fused-ring (bicyclic) bond motifs is 1. The van der Waals surface area contributed by atoms with E-state index >= 15 is 0 Å². The van der Waals surface area contributed by atoms with Crippen molar-refractivity contribution in [1.29, 1.82) is 0 Å². The number of aromatic nitrogens is 1. The van der Waals surface area contributed by atoms with E-state index in [1.165, 1.54) is 11.6 Å². The number of hydrogen-bond donors (Lipinski definition) is 1. The smallest absolute Gasteiger partial charge is 0.269 e. The second-order valence-corrected chi connectivity index (χ2v) is 9.65. The lowest BCUT2D eigenvalue weighted by Crippen LogP contribution is -2.37. The average Bonchev–Trinajstić information content (AvgIpc) is 3.34. The molecule has 0 aliphatic carbocycles. The second-order valence-electron chi connectivity index (χ2n) is 9.65. The third kappa shape index (κ3) is 6.24. The zero-order chi connectivity index (χ0) is 26.4. The van der Waals surface area contributed by atoms with Gasteiger partial charge in [0.05, 0.1) is 4.92 Å². The zero-order valence-electron chi connectivity index (χ0n) is 21.7. The normalized spacial score (nSPS) is 12.1. The Kier molecular flexibility index (Phi) is 8.36. The summed E-state index contributed by atoms with van der Waals surface area (Å²) in [6.07, 6.45) is 3.06. The highest BCUT2D eigenvalue weighted by Gasteiger charge is 2.26. The van der Waals surface area contributed by atoms with Crippen molar-refractivity contribution in [3.8, 4) is 0 Å². The summed E-state index contributed by atoms with van der Waals surface area (Å²) in [5.74, 6) is -0.311. The molecular formula is C30H34N4O3. The molecule has 1 N–H and O–H groups in total. The van der Waals surface area contributed by atoms with Gasteiger partial charge in [-0.15, -0.1) is 0 Å². The van der Waals surface area contributed by atoms with Gasteiger partial charge < -0.3 is 14.8 Å². The molecule has 0 radical (unpaired) electrons. The van der Waals surface area contributed by atoms with Gasteiger partial charge in [-0.2, -0.15) is 0 Å². The fourth-order valence-corrected chi connectivity index (χ4v) is 4.80. The molecule has 0 aliphatic rings. The van der Waals surface area contributed by atoms with Crippen LogP contribution in [0.4, 0.5) is 5.69 Å². The molecule has 1 heterocycles. The molecule has 1 amide bonds. The van der Waals surface area contributed by atoms with Gasteiger partial charge in [0.15, 0.2) is 0 Å². The average molecular weight is 499 g/mol. The Balaban J connectivity index is 1.73. The van der Waals surface area contributed by atoms with Gasteiger partial charge in [-0.3, -0.25) is 14.9 Å². The number of nitrogens with one attached hydrogen (secondary N) is 1. The number of aromatic amines is 1. The van der Waals surface area contributed by atoms with Crippen LogP contribution in [0.15, 0.2) is 79.0 Å². The molecule has 4 aromatic rings. The van der Waals surface area contributed by atoms with E-state index in [4.69, 9.17) is 0 Å². The lowest BCUT2D eigenvalue weighted by Gasteiger charge is -2.27. The molecule has 0 saturated heterocycles. The quantitative estimate of drug-likeness (QED) is 0.211. The van der Waals surface area contributed by atoms with E-state index in [-0.39, 0.29) is 28.9 Å². The number of nitro groups is 1. The van der Waals surface area contributed by atoms with E-state index in [1.807, 2.05) is 67.7 Å².